The first kappa shape index (κ1) is 7.46. The Labute approximate surface area is 52.3 Å². The van der Waals surface area contributed by atoms with Gasteiger partial charge in [-0.2, -0.15) is 0 Å². The molecule has 1 heterocycles. The lowest BCUT2D eigenvalue weighted by atomic mass is 10.7. The van der Waals surface area contributed by atoms with Gasteiger partial charge >= 0.3 is 0 Å². The summed E-state index contributed by atoms with van der Waals surface area (Å²) < 4.78 is 0. The van der Waals surface area contributed by atoms with Crippen molar-refractivity contribution in [2.24, 2.45) is 0 Å². The molecule has 2 N–H and O–H groups in total. The maximum absolute atomic E-state index is 2.93. The Bertz CT molecular complexity index is 114. The van der Waals surface area contributed by atoms with Crippen LogP contribution in [0.25, 0.3) is 0 Å². The average Bonchev–Trinajstić information content (AvgIpc) is 1.90. The van der Waals surface area contributed by atoms with E-state index in [2.05, 4.69) is 4.99 Å². The number of hydrogen-bond donors (Lipinski definition) is 1. The van der Waals surface area contributed by atoms with E-state index in [4.69, 9.17) is 0 Å². The molecule has 1 rings (SSSR count). The molecule has 0 aliphatic carbocycles. The van der Waals surface area contributed by atoms with Gasteiger partial charge in [0.05, 0.1) is 0 Å². The van der Waals surface area contributed by atoms with Crippen LogP contribution in [-0.2, 0) is 0 Å². The first-order valence-electron chi connectivity index (χ1n) is 2.05. The number of nitrogens with one attached hydrogen (secondary N) is 1. The molecule has 0 unspecified atom stereocenters. The molecule has 1 aliphatic rings. The molecule has 0 amide bonds. The van der Waals surface area contributed by atoms with Crippen LogP contribution >= 0.6 is 11.8 Å². The van der Waals surface area contributed by atoms with Crippen molar-refractivity contribution in [2.45, 2.75) is 0 Å². The van der Waals surface area contributed by atoms with Gasteiger partial charge in [-0.25, -0.2) is 4.99 Å². The van der Waals surface area contributed by atoms with Gasteiger partial charge in [0.15, 0.2) is 12.4 Å². The number of rotatable bonds is 0. The van der Waals surface area contributed by atoms with Crippen molar-refractivity contribution < 1.29 is 10.5 Å². The lowest BCUT2D eigenvalue weighted by Crippen LogP contribution is -2.60. The zero-order valence-corrected chi connectivity index (χ0v) is 5.06. The van der Waals surface area contributed by atoms with Crippen LogP contribution in [0.2, 0.25) is 0 Å². The highest BCUT2D eigenvalue weighted by atomic mass is 32.2. The summed E-state index contributed by atoms with van der Waals surface area (Å²) in [5, 5.41) is 4.00. The predicted molar refractivity (Wildman–Crippen MR) is 34.8 cm³/mol. The van der Waals surface area contributed by atoms with Crippen molar-refractivity contribution in [3.8, 4) is 0 Å². The first-order valence-corrected chi connectivity index (χ1v) is 2.99. The summed E-state index contributed by atoms with van der Waals surface area (Å²) in [4.78, 5) is 2.93. The second-order valence-electron chi connectivity index (χ2n) is 1.10. The van der Waals surface area contributed by atoms with E-state index in [1.165, 1.54) is 0 Å². The third-order valence-corrected chi connectivity index (χ3v) is 1.20. The first-order chi connectivity index (χ1) is 3.50. The third kappa shape index (κ3) is 2.60. The number of allylic oxidation sites excluding steroid dienone is 1. The predicted octanol–water partition coefficient (Wildman–Crippen LogP) is -0.307. The Kier molecular flexibility index (Phi) is 4.30. The Morgan fingerprint density at radius 1 is 1.25 bits per heavy atom. The zero-order chi connectivity index (χ0) is 4.95. The second kappa shape index (κ2) is 4.61. The van der Waals surface area contributed by atoms with Crippen LogP contribution in [0.4, 0.5) is 0 Å². The van der Waals surface area contributed by atoms with Crippen LogP contribution in [0, 0.1) is 0 Å². The number of thioether (sulfide) groups is 1. The minimum absolute atomic E-state index is 0. The molecular weight excluding hydrogens is 122 g/mol. The van der Waals surface area contributed by atoms with E-state index in [-0.39, 0.29) is 5.48 Å². The molecule has 0 aromatic rings. The van der Waals surface area contributed by atoms with Crippen LogP contribution in [0.5, 0.6) is 0 Å². The maximum Gasteiger partial charge on any atom is 0.173 e. The lowest BCUT2D eigenvalue weighted by molar-refractivity contribution is -0.365. The molecule has 44 valence electrons. The summed E-state index contributed by atoms with van der Waals surface area (Å²) >= 11 is 1.66. The summed E-state index contributed by atoms with van der Waals surface area (Å²) in [5.74, 6) is 0. The van der Waals surface area contributed by atoms with Gasteiger partial charge in [-0.15, -0.1) is 0 Å². The van der Waals surface area contributed by atoms with Crippen LogP contribution in [0.15, 0.2) is 23.1 Å². The Balaban J connectivity index is 0.000000490. The van der Waals surface area contributed by atoms with Gasteiger partial charge in [-0.3, -0.25) is 0 Å². The van der Waals surface area contributed by atoms with Crippen LogP contribution in [0.3, 0.4) is 0 Å². The highest BCUT2D eigenvalue weighted by Gasteiger charge is 1.77. The van der Waals surface area contributed by atoms with Crippen LogP contribution < -0.4 is 4.99 Å². The standard InChI is InChI=1S/C5H5NS.H2O/c1-2-6-3-5-7-4-1;/h1-5H;1H2. The van der Waals surface area contributed by atoms with E-state index >= 15 is 0 Å². The molecule has 8 heavy (non-hydrogen) atoms. The molecule has 0 saturated heterocycles. The Hall–Kier alpha value is -0.540. The summed E-state index contributed by atoms with van der Waals surface area (Å²) in [6.45, 7) is 0. The highest BCUT2D eigenvalue weighted by Crippen LogP contribution is 2.00. The Morgan fingerprint density at radius 2 is 2.12 bits per heavy atom. The molecule has 1 aliphatic heterocycles. The SMILES string of the molecule is C1=CSC=C[NH+]=C1.[OH-]. The van der Waals surface area contributed by atoms with Crippen molar-refractivity contribution in [3.05, 3.63) is 23.1 Å². The molecule has 2 nitrogen and oxygen atoms in total. The van der Waals surface area contributed by atoms with Gasteiger partial charge in [-0.05, 0) is 5.41 Å². The summed E-state index contributed by atoms with van der Waals surface area (Å²) in [7, 11) is 0. The molecule has 0 aromatic heterocycles. The van der Waals surface area contributed by atoms with E-state index in [9.17, 15) is 0 Å². The summed E-state index contributed by atoms with van der Waals surface area (Å²) in [6.07, 6.45) is 5.74. The van der Waals surface area contributed by atoms with Crippen molar-refractivity contribution in [3.63, 3.8) is 0 Å². The molecule has 0 bridgehead atoms. The van der Waals surface area contributed by atoms with E-state index in [0.717, 1.165) is 0 Å². The van der Waals surface area contributed by atoms with E-state index < -0.39 is 0 Å². The fourth-order valence-electron chi connectivity index (χ4n) is 0.320. The van der Waals surface area contributed by atoms with Crippen molar-refractivity contribution in [1.82, 2.24) is 0 Å². The van der Waals surface area contributed by atoms with Crippen molar-refractivity contribution >= 4 is 18.0 Å². The molecule has 0 saturated carbocycles. The minimum Gasteiger partial charge on any atom is -0.870 e. The van der Waals surface area contributed by atoms with Crippen LogP contribution in [0.1, 0.15) is 0 Å². The van der Waals surface area contributed by atoms with Gasteiger partial charge < -0.3 is 5.48 Å². The maximum atomic E-state index is 2.93. The molecule has 3 heteroatoms. The number of hydrogen-bond acceptors (Lipinski definition) is 2. The lowest BCUT2D eigenvalue weighted by Gasteiger charge is -1.66. The summed E-state index contributed by atoms with van der Waals surface area (Å²) in [5.41, 5.74) is 0. The highest BCUT2D eigenvalue weighted by molar-refractivity contribution is 8.04. The molecule has 0 radical (unpaired) electrons. The Morgan fingerprint density at radius 3 is 3.00 bits per heavy atom. The largest absolute Gasteiger partial charge is 0.870 e. The van der Waals surface area contributed by atoms with Gasteiger partial charge in [-0.1, -0.05) is 11.8 Å². The quantitative estimate of drug-likeness (QED) is 0.487. The molecule has 0 atom stereocenters. The molecule has 0 aromatic carbocycles. The average molecular weight is 129 g/mol. The summed E-state index contributed by atoms with van der Waals surface area (Å²) in [6, 6.07) is 0. The second-order valence-corrected chi connectivity index (χ2v) is 1.92. The van der Waals surface area contributed by atoms with Crippen molar-refractivity contribution in [1.29, 1.82) is 0 Å². The van der Waals surface area contributed by atoms with Crippen LogP contribution in [-0.4, -0.2) is 11.7 Å². The van der Waals surface area contributed by atoms with E-state index in [1.54, 1.807) is 11.8 Å². The fraction of sp³-hybridized carbons (Fsp3) is 0. The monoisotopic (exact) mass is 129 g/mol. The van der Waals surface area contributed by atoms with Crippen molar-refractivity contribution in [2.75, 3.05) is 0 Å². The van der Waals surface area contributed by atoms with Gasteiger partial charge in [0, 0.05) is 11.5 Å². The normalized spacial score (nSPS) is 15.0. The molecular formula is C5H7NOS. The fourth-order valence-corrected chi connectivity index (χ4v) is 0.737. The molecule has 0 fully saturated rings. The van der Waals surface area contributed by atoms with Gasteiger partial charge in [0.1, 0.15) is 0 Å². The van der Waals surface area contributed by atoms with Gasteiger partial charge in [0.25, 0.3) is 0 Å². The van der Waals surface area contributed by atoms with E-state index in [0.29, 0.717) is 0 Å². The van der Waals surface area contributed by atoms with Gasteiger partial charge in [0.2, 0.25) is 0 Å². The molecule has 0 spiro atoms. The topological polar surface area (TPSA) is 44.0 Å². The zero-order valence-electron chi connectivity index (χ0n) is 4.24. The van der Waals surface area contributed by atoms with E-state index in [1.807, 2.05) is 29.3 Å². The smallest absolute Gasteiger partial charge is 0.173 e. The minimum atomic E-state index is 0. The third-order valence-electron chi connectivity index (χ3n) is 0.592.